The molecule has 0 unspecified atom stereocenters. The summed E-state index contributed by atoms with van der Waals surface area (Å²) in [6.07, 6.45) is 11.4. The highest BCUT2D eigenvalue weighted by Gasteiger charge is 2.04. The predicted octanol–water partition coefficient (Wildman–Crippen LogP) is 5.01. The molecule has 0 saturated heterocycles. The van der Waals surface area contributed by atoms with Crippen molar-refractivity contribution in [2.24, 2.45) is 0 Å². The minimum Gasteiger partial charge on any atom is -0.352 e. The summed E-state index contributed by atoms with van der Waals surface area (Å²) >= 11 is 11.8. The Bertz CT molecular complexity index is 564. The van der Waals surface area contributed by atoms with Gasteiger partial charge in [0.2, 0.25) is 5.91 Å². The molecular weight excluding hydrogens is 305 g/mol. The molecule has 0 heterocycles. The maximum atomic E-state index is 11.7. The summed E-state index contributed by atoms with van der Waals surface area (Å²) in [6.45, 7) is 0.691. The third-order valence-corrected chi connectivity index (χ3v) is 4.24. The molecule has 4 heteroatoms. The lowest BCUT2D eigenvalue weighted by atomic mass is 9.97. The van der Waals surface area contributed by atoms with Crippen molar-refractivity contribution in [3.63, 3.8) is 0 Å². The molecule has 1 aromatic rings. The number of hydrogen-bond acceptors (Lipinski definition) is 1. The van der Waals surface area contributed by atoms with Crippen molar-refractivity contribution < 1.29 is 4.79 Å². The first-order chi connectivity index (χ1) is 10.1. The first-order valence-electron chi connectivity index (χ1n) is 7.24. The molecule has 1 N–H and O–H groups in total. The predicted molar refractivity (Wildman–Crippen MR) is 89.7 cm³/mol. The Morgan fingerprint density at radius 2 is 2.10 bits per heavy atom. The van der Waals surface area contributed by atoms with Crippen molar-refractivity contribution in [1.29, 1.82) is 0 Å². The molecule has 0 spiro atoms. The molecule has 0 bridgehead atoms. The molecule has 0 atom stereocenters. The van der Waals surface area contributed by atoms with Gasteiger partial charge in [-0.15, -0.1) is 0 Å². The van der Waals surface area contributed by atoms with Gasteiger partial charge in [0.25, 0.3) is 0 Å². The smallest absolute Gasteiger partial charge is 0.244 e. The third kappa shape index (κ3) is 5.56. The summed E-state index contributed by atoms with van der Waals surface area (Å²) in [7, 11) is 0. The Kier molecular flexibility index (Phi) is 6.34. The minimum absolute atomic E-state index is 0.0857. The first-order valence-corrected chi connectivity index (χ1v) is 7.99. The van der Waals surface area contributed by atoms with Crippen LogP contribution in [0.3, 0.4) is 0 Å². The van der Waals surface area contributed by atoms with Crippen molar-refractivity contribution in [2.75, 3.05) is 6.54 Å². The van der Waals surface area contributed by atoms with E-state index in [1.165, 1.54) is 37.3 Å². The maximum absolute atomic E-state index is 11.7. The highest BCUT2D eigenvalue weighted by Crippen LogP contribution is 2.23. The first kappa shape index (κ1) is 16.1. The molecule has 21 heavy (non-hydrogen) atoms. The summed E-state index contributed by atoms with van der Waals surface area (Å²) in [5.74, 6) is -0.0857. The Morgan fingerprint density at radius 3 is 2.81 bits per heavy atom. The van der Waals surface area contributed by atoms with Crippen LogP contribution in [0.1, 0.15) is 37.7 Å². The van der Waals surface area contributed by atoms with Crippen LogP contribution >= 0.6 is 23.2 Å². The monoisotopic (exact) mass is 323 g/mol. The summed E-state index contributed by atoms with van der Waals surface area (Å²) in [5, 5.41) is 3.90. The van der Waals surface area contributed by atoms with Gasteiger partial charge in [-0.1, -0.05) is 40.9 Å². The molecule has 0 aromatic heterocycles. The molecule has 2 rings (SSSR count). The average molecular weight is 324 g/mol. The van der Waals surface area contributed by atoms with E-state index in [-0.39, 0.29) is 5.91 Å². The van der Waals surface area contributed by atoms with Gasteiger partial charge in [-0.2, -0.15) is 0 Å². The van der Waals surface area contributed by atoms with E-state index < -0.39 is 0 Å². The second-order valence-corrected chi connectivity index (χ2v) is 5.97. The van der Waals surface area contributed by atoms with E-state index in [4.69, 9.17) is 23.2 Å². The van der Waals surface area contributed by atoms with E-state index in [0.29, 0.717) is 16.6 Å². The van der Waals surface area contributed by atoms with Crippen LogP contribution in [-0.2, 0) is 4.79 Å². The number of rotatable bonds is 5. The van der Waals surface area contributed by atoms with Gasteiger partial charge >= 0.3 is 0 Å². The fourth-order valence-corrected chi connectivity index (χ4v) is 2.63. The van der Waals surface area contributed by atoms with Gasteiger partial charge in [0.15, 0.2) is 0 Å². The van der Waals surface area contributed by atoms with E-state index in [9.17, 15) is 4.79 Å². The van der Waals surface area contributed by atoms with E-state index >= 15 is 0 Å². The SMILES string of the molecule is O=C(C=Cc1ccc(Cl)c(Cl)c1)NCCC1=CCCCC1. The molecule has 0 saturated carbocycles. The standard InChI is InChI=1S/C17H19Cl2NO/c18-15-8-6-14(12-16(15)19)7-9-17(21)20-11-10-13-4-2-1-3-5-13/h4,6-9,12H,1-3,5,10-11H2,(H,20,21). The van der Waals surface area contributed by atoms with Gasteiger partial charge in [0.05, 0.1) is 10.0 Å². The summed E-state index contributed by atoms with van der Waals surface area (Å²) in [4.78, 5) is 11.7. The molecule has 112 valence electrons. The van der Waals surface area contributed by atoms with Crippen LogP contribution in [0.4, 0.5) is 0 Å². The van der Waals surface area contributed by atoms with Crippen molar-refractivity contribution in [3.8, 4) is 0 Å². The fourth-order valence-electron chi connectivity index (χ4n) is 2.32. The fraction of sp³-hybridized carbons (Fsp3) is 0.353. The second kappa shape index (κ2) is 8.26. The Balaban J connectivity index is 1.77. The van der Waals surface area contributed by atoms with Crippen molar-refractivity contribution in [3.05, 3.63) is 51.5 Å². The number of hydrogen-bond donors (Lipinski definition) is 1. The highest BCUT2D eigenvalue weighted by atomic mass is 35.5. The lowest BCUT2D eigenvalue weighted by molar-refractivity contribution is -0.116. The van der Waals surface area contributed by atoms with E-state index in [2.05, 4.69) is 11.4 Å². The molecule has 0 aliphatic heterocycles. The number of halogens is 2. The lowest BCUT2D eigenvalue weighted by Gasteiger charge is -2.12. The third-order valence-electron chi connectivity index (χ3n) is 3.50. The zero-order valence-electron chi connectivity index (χ0n) is 11.9. The van der Waals surface area contributed by atoms with Gasteiger partial charge in [0, 0.05) is 12.6 Å². The number of amides is 1. The van der Waals surface area contributed by atoms with Gasteiger partial charge in [0.1, 0.15) is 0 Å². The molecule has 1 aliphatic carbocycles. The normalized spacial score (nSPS) is 15.0. The van der Waals surface area contributed by atoms with Crippen LogP contribution in [-0.4, -0.2) is 12.5 Å². The van der Waals surface area contributed by atoms with E-state index in [1.807, 2.05) is 6.07 Å². The zero-order valence-corrected chi connectivity index (χ0v) is 13.4. The number of carbonyl (C=O) groups is 1. The Labute approximate surface area is 135 Å². The van der Waals surface area contributed by atoms with Crippen molar-refractivity contribution >= 4 is 35.2 Å². The van der Waals surface area contributed by atoms with Crippen molar-refractivity contribution in [1.82, 2.24) is 5.32 Å². The Hall–Kier alpha value is -1.25. The van der Waals surface area contributed by atoms with Gasteiger partial charge in [-0.3, -0.25) is 4.79 Å². The van der Waals surface area contributed by atoms with Crippen molar-refractivity contribution in [2.45, 2.75) is 32.1 Å². The van der Waals surface area contributed by atoms with Crippen LogP contribution in [0.15, 0.2) is 35.9 Å². The van der Waals surface area contributed by atoms with Crippen LogP contribution in [0.2, 0.25) is 10.0 Å². The number of carbonyl (C=O) groups excluding carboxylic acids is 1. The molecule has 1 aromatic carbocycles. The molecule has 0 radical (unpaired) electrons. The second-order valence-electron chi connectivity index (χ2n) is 5.16. The summed E-state index contributed by atoms with van der Waals surface area (Å²) in [6, 6.07) is 5.28. The lowest BCUT2D eigenvalue weighted by Crippen LogP contribution is -2.22. The largest absolute Gasteiger partial charge is 0.352 e. The highest BCUT2D eigenvalue weighted by molar-refractivity contribution is 6.42. The van der Waals surface area contributed by atoms with Crippen LogP contribution in [0, 0.1) is 0 Å². The van der Waals surface area contributed by atoms with E-state index in [1.54, 1.807) is 18.2 Å². The molecule has 0 fully saturated rings. The molecule has 1 aliphatic rings. The van der Waals surface area contributed by atoms with Crippen LogP contribution < -0.4 is 5.32 Å². The molecule has 2 nitrogen and oxygen atoms in total. The van der Waals surface area contributed by atoms with Gasteiger partial charge < -0.3 is 5.32 Å². The average Bonchev–Trinajstić information content (AvgIpc) is 2.49. The number of benzene rings is 1. The minimum atomic E-state index is -0.0857. The van der Waals surface area contributed by atoms with E-state index in [0.717, 1.165) is 12.0 Å². The number of nitrogens with one attached hydrogen (secondary N) is 1. The van der Waals surface area contributed by atoms with Gasteiger partial charge in [-0.05, 0) is 55.9 Å². The topological polar surface area (TPSA) is 29.1 Å². The Morgan fingerprint density at radius 1 is 1.24 bits per heavy atom. The summed E-state index contributed by atoms with van der Waals surface area (Å²) in [5.41, 5.74) is 2.32. The maximum Gasteiger partial charge on any atom is 0.244 e. The zero-order chi connectivity index (χ0) is 15.1. The van der Waals surface area contributed by atoms with Gasteiger partial charge in [-0.25, -0.2) is 0 Å². The quantitative estimate of drug-likeness (QED) is 0.598. The molecular formula is C17H19Cl2NO. The van der Waals surface area contributed by atoms with Crippen LogP contribution in [0.5, 0.6) is 0 Å². The number of allylic oxidation sites excluding steroid dienone is 1. The van der Waals surface area contributed by atoms with Crippen LogP contribution in [0.25, 0.3) is 6.08 Å². The summed E-state index contributed by atoms with van der Waals surface area (Å²) < 4.78 is 0. The molecule has 1 amide bonds.